The van der Waals surface area contributed by atoms with Gasteiger partial charge in [0.1, 0.15) is 22.0 Å². The van der Waals surface area contributed by atoms with Gasteiger partial charge < -0.3 is 20.8 Å². The van der Waals surface area contributed by atoms with E-state index in [0.29, 0.717) is 24.0 Å². The van der Waals surface area contributed by atoms with Crippen molar-refractivity contribution in [3.05, 3.63) is 76.6 Å². The molecular formula is C26H24F2N6O6S. The zero-order valence-electron chi connectivity index (χ0n) is 21.3. The number of hydrogen-bond donors (Lipinski definition) is 3. The predicted octanol–water partition coefficient (Wildman–Crippen LogP) is 3.95. The minimum Gasteiger partial charge on any atom is -0.453 e. The summed E-state index contributed by atoms with van der Waals surface area (Å²) >= 11 is 0. The molecule has 1 amide bonds. The van der Waals surface area contributed by atoms with Gasteiger partial charge >= 0.3 is 0 Å². The zero-order valence-corrected chi connectivity index (χ0v) is 22.1. The SMILES string of the molecule is NC(=O)c1cccc(S(=O)(=O)c2ccc(N[C@@H]3CCN(CC(F)F)C3)c([N+](=O)[O-])c2)c1Oc1cnc2[nH]ccc2c1. The number of nitro benzene ring substituents is 1. The fourth-order valence-electron chi connectivity index (χ4n) is 4.73. The zero-order chi connectivity index (χ0) is 29.3. The summed E-state index contributed by atoms with van der Waals surface area (Å²) in [4.78, 5) is 31.2. The molecule has 0 unspecified atom stereocenters. The number of anilines is 1. The molecule has 0 spiro atoms. The maximum absolute atomic E-state index is 13.8. The van der Waals surface area contributed by atoms with Crippen molar-refractivity contribution < 1.29 is 31.7 Å². The number of sulfone groups is 1. The third-order valence-electron chi connectivity index (χ3n) is 6.63. The number of para-hydroxylation sites is 1. The number of nitrogens with two attached hydrogens (primary N) is 1. The van der Waals surface area contributed by atoms with Gasteiger partial charge in [0, 0.05) is 36.8 Å². The molecule has 1 aliphatic rings. The van der Waals surface area contributed by atoms with Crippen molar-refractivity contribution in [2.75, 3.05) is 25.0 Å². The third kappa shape index (κ3) is 5.81. The van der Waals surface area contributed by atoms with Gasteiger partial charge in [-0.1, -0.05) is 6.07 Å². The van der Waals surface area contributed by atoms with Crippen molar-refractivity contribution in [1.82, 2.24) is 14.9 Å². The fourth-order valence-corrected chi connectivity index (χ4v) is 6.15. The second-order valence-corrected chi connectivity index (χ2v) is 11.3. The van der Waals surface area contributed by atoms with Gasteiger partial charge in [-0.3, -0.25) is 19.8 Å². The molecule has 15 heteroatoms. The number of nitrogens with one attached hydrogen (secondary N) is 2. The van der Waals surface area contributed by atoms with E-state index in [1.165, 1.54) is 36.5 Å². The first-order valence-corrected chi connectivity index (χ1v) is 13.9. The van der Waals surface area contributed by atoms with E-state index in [1.54, 1.807) is 23.2 Å². The molecule has 1 saturated heterocycles. The van der Waals surface area contributed by atoms with Crippen molar-refractivity contribution in [2.45, 2.75) is 28.7 Å². The van der Waals surface area contributed by atoms with Crippen LogP contribution in [0.15, 0.2) is 70.7 Å². The molecular weight excluding hydrogens is 562 g/mol. The van der Waals surface area contributed by atoms with E-state index in [1.807, 2.05) is 0 Å². The summed E-state index contributed by atoms with van der Waals surface area (Å²) in [6, 6.07) is 10.1. The summed E-state index contributed by atoms with van der Waals surface area (Å²) in [5, 5.41) is 15.6. The van der Waals surface area contributed by atoms with Gasteiger partial charge in [-0.25, -0.2) is 22.2 Å². The molecule has 2 aromatic carbocycles. The van der Waals surface area contributed by atoms with Gasteiger partial charge in [-0.05, 0) is 42.8 Å². The standard InChI is InChI=1S/C26H24F2N6O6S/c27-23(28)14-33-9-7-16(13-33)32-20-5-4-18(11-21(20)34(36)37)41(38,39)22-3-1-2-19(25(29)35)24(22)40-17-10-15-6-8-30-26(15)31-12-17/h1-6,8,10-12,16,23,32H,7,9,13-14H2,(H2,29,35)(H,30,31)/t16-/m1/s1. The number of amides is 1. The Hall–Kier alpha value is -4.63. The predicted molar refractivity (Wildman–Crippen MR) is 144 cm³/mol. The fraction of sp³-hybridized carbons (Fsp3) is 0.231. The molecule has 0 bridgehead atoms. The molecule has 1 fully saturated rings. The van der Waals surface area contributed by atoms with E-state index >= 15 is 0 Å². The molecule has 0 radical (unpaired) electrons. The lowest BCUT2D eigenvalue weighted by atomic mass is 10.2. The lowest BCUT2D eigenvalue weighted by Crippen LogP contribution is -2.30. The van der Waals surface area contributed by atoms with Crippen LogP contribution < -0.4 is 15.8 Å². The summed E-state index contributed by atoms with van der Waals surface area (Å²) in [6.45, 7) is 0.251. The number of nitrogens with zero attached hydrogens (tertiary/aromatic N) is 3. The summed E-state index contributed by atoms with van der Waals surface area (Å²) in [7, 11) is -4.48. The molecule has 1 atom stereocenters. The number of primary amides is 1. The van der Waals surface area contributed by atoms with E-state index in [4.69, 9.17) is 10.5 Å². The molecule has 0 saturated carbocycles. The van der Waals surface area contributed by atoms with Gasteiger partial charge in [0.05, 0.1) is 28.1 Å². The summed E-state index contributed by atoms with van der Waals surface area (Å²) in [6.07, 6.45) is 0.978. The van der Waals surface area contributed by atoms with Gasteiger partial charge in [0.15, 0.2) is 5.75 Å². The van der Waals surface area contributed by atoms with Crippen LogP contribution >= 0.6 is 0 Å². The first-order valence-electron chi connectivity index (χ1n) is 12.4. The molecule has 4 aromatic rings. The number of halogens is 2. The number of carbonyl (C=O) groups excluding carboxylic acids is 1. The number of fused-ring (bicyclic) bond motifs is 1. The normalized spacial score (nSPS) is 15.8. The number of pyridine rings is 1. The Bertz CT molecular complexity index is 1750. The number of rotatable bonds is 10. The Balaban J connectivity index is 1.50. The highest BCUT2D eigenvalue weighted by Crippen LogP contribution is 2.38. The van der Waals surface area contributed by atoms with Crippen molar-refractivity contribution >= 4 is 38.2 Å². The number of aromatic amines is 1. The minimum absolute atomic E-state index is 0.0473. The highest BCUT2D eigenvalue weighted by atomic mass is 32.2. The summed E-state index contributed by atoms with van der Waals surface area (Å²) in [5.41, 5.74) is 5.39. The number of carbonyl (C=O) groups is 1. The van der Waals surface area contributed by atoms with Crippen LogP contribution in [0.4, 0.5) is 20.2 Å². The number of nitro groups is 1. The largest absolute Gasteiger partial charge is 0.453 e. The van der Waals surface area contributed by atoms with Gasteiger partial charge in [0.2, 0.25) is 9.84 Å². The molecule has 5 rings (SSSR count). The number of H-pyrrole nitrogens is 1. The Labute approximate surface area is 232 Å². The van der Waals surface area contributed by atoms with Gasteiger partial charge in [0.25, 0.3) is 18.0 Å². The molecule has 1 aliphatic heterocycles. The van der Waals surface area contributed by atoms with Crippen LogP contribution in [-0.4, -0.2) is 66.2 Å². The summed E-state index contributed by atoms with van der Waals surface area (Å²) in [5.74, 6) is -1.17. The Morgan fingerprint density at radius 3 is 2.80 bits per heavy atom. The topological polar surface area (TPSA) is 174 Å². The molecule has 3 heterocycles. The first kappa shape index (κ1) is 27.9. The van der Waals surface area contributed by atoms with Crippen molar-refractivity contribution in [3.63, 3.8) is 0 Å². The maximum Gasteiger partial charge on any atom is 0.293 e. The molecule has 41 heavy (non-hydrogen) atoms. The Morgan fingerprint density at radius 1 is 1.27 bits per heavy atom. The van der Waals surface area contributed by atoms with E-state index in [0.717, 1.165) is 6.07 Å². The molecule has 214 valence electrons. The molecule has 0 aliphatic carbocycles. The van der Waals surface area contributed by atoms with E-state index < -0.39 is 49.1 Å². The smallest absolute Gasteiger partial charge is 0.293 e. The Kier molecular flexibility index (Phi) is 7.55. The highest BCUT2D eigenvalue weighted by Gasteiger charge is 2.31. The summed E-state index contributed by atoms with van der Waals surface area (Å²) < 4.78 is 58.9. The lowest BCUT2D eigenvalue weighted by molar-refractivity contribution is -0.384. The minimum atomic E-state index is -4.48. The van der Waals surface area contributed by atoms with Crippen LogP contribution in [0, 0.1) is 10.1 Å². The first-order chi connectivity index (χ1) is 19.5. The Morgan fingerprint density at radius 2 is 2.07 bits per heavy atom. The highest BCUT2D eigenvalue weighted by molar-refractivity contribution is 7.91. The van der Waals surface area contributed by atoms with E-state index in [2.05, 4.69) is 15.3 Å². The number of ether oxygens (including phenoxy) is 1. The van der Waals surface area contributed by atoms with E-state index in [9.17, 15) is 32.1 Å². The number of alkyl halides is 2. The number of aromatic nitrogens is 2. The van der Waals surface area contributed by atoms with Crippen LogP contribution in [0.2, 0.25) is 0 Å². The maximum atomic E-state index is 13.8. The second-order valence-electron chi connectivity index (χ2n) is 9.41. The van der Waals surface area contributed by atoms with Crippen LogP contribution in [0.3, 0.4) is 0 Å². The number of likely N-dealkylation sites (tertiary alicyclic amines) is 1. The van der Waals surface area contributed by atoms with Gasteiger partial charge in [-0.15, -0.1) is 0 Å². The van der Waals surface area contributed by atoms with Crippen LogP contribution in [0.5, 0.6) is 11.5 Å². The average molecular weight is 587 g/mol. The second kappa shape index (κ2) is 11.1. The van der Waals surface area contributed by atoms with Crippen molar-refractivity contribution in [1.29, 1.82) is 0 Å². The monoisotopic (exact) mass is 586 g/mol. The van der Waals surface area contributed by atoms with Crippen LogP contribution in [0.1, 0.15) is 16.8 Å². The van der Waals surface area contributed by atoms with Crippen LogP contribution in [-0.2, 0) is 9.84 Å². The van der Waals surface area contributed by atoms with Crippen molar-refractivity contribution in [3.8, 4) is 11.5 Å². The molecule has 2 aromatic heterocycles. The number of benzene rings is 2. The average Bonchev–Trinajstić information content (AvgIpc) is 3.57. The number of hydrogen-bond acceptors (Lipinski definition) is 9. The molecule has 4 N–H and O–H groups in total. The van der Waals surface area contributed by atoms with Crippen molar-refractivity contribution in [2.24, 2.45) is 5.73 Å². The van der Waals surface area contributed by atoms with Gasteiger partial charge in [-0.2, -0.15) is 0 Å². The van der Waals surface area contributed by atoms with Crippen LogP contribution in [0.25, 0.3) is 11.0 Å². The third-order valence-corrected chi connectivity index (χ3v) is 8.41. The molecule has 12 nitrogen and oxygen atoms in total. The quantitative estimate of drug-likeness (QED) is 0.184. The van der Waals surface area contributed by atoms with E-state index in [-0.39, 0.29) is 35.3 Å². The lowest BCUT2D eigenvalue weighted by Gasteiger charge is -2.17.